The van der Waals surface area contributed by atoms with E-state index in [2.05, 4.69) is 256 Å². The first-order chi connectivity index (χ1) is 35.3. The molecule has 0 amide bonds. The summed E-state index contributed by atoms with van der Waals surface area (Å²) in [7, 11) is 0. The van der Waals surface area contributed by atoms with Crippen molar-refractivity contribution in [2.75, 3.05) is 0 Å². The van der Waals surface area contributed by atoms with Gasteiger partial charge in [-0.15, -0.1) is 0 Å². The third kappa shape index (κ3) is 5.31. The van der Waals surface area contributed by atoms with E-state index in [1.807, 2.05) is 0 Å². The van der Waals surface area contributed by atoms with Crippen molar-refractivity contribution in [2.24, 2.45) is 0 Å². The topological polar surface area (TPSA) is 27.2 Å². The van der Waals surface area contributed by atoms with Gasteiger partial charge in [-0.1, -0.05) is 188 Å². The van der Waals surface area contributed by atoms with Gasteiger partial charge in [0.25, 0.3) is 0 Å². The summed E-state index contributed by atoms with van der Waals surface area (Å²) in [6.07, 6.45) is 0. The van der Waals surface area contributed by atoms with E-state index in [1.165, 1.54) is 99.8 Å². The van der Waals surface area contributed by atoms with E-state index in [0.717, 1.165) is 50.3 Å². The first-order valence-electron chi connectivity index (χ1n) is 24.5. The van der Waals surface area contributed by atoms with Gasteiger partial charge in [0.1, 0.15) is 5.52 Å². The lowest BCUT2D eigenvalue weighted by Crippen LogP contribution is -2.00. The molecule has 2 aliphatic rings. The maximum atomic E-state index is 5.80. The minimum atomic E-state index is 0.873. The second-order valence-electron chi connectivity index (χ2n) is 19.0. The number of benzene rings is 11. The molecule has 0 bridgehead atoms. The smallest absolute Gasteiger partial charge is 0.220 e. The molecule has 0 aliphatic heterocycles. The fourth-order valence-electron chi connectivity index (χ4n) is 12.4. The number of hydrogen-bond acceptors (Lipinski definition) is 1. The van der Waals surface area contributed by atoms with Crippen molar-refractivity contribution in [1.82, 2.24) is 18.5 Å². The lowest BCUT2D eigenvalue weighted by molar-refractivity contribution is 1.11. The predicted molar refractivity (Wildman–Crippen MR) is 294 cm³/mol. The minimum absolute atomic E-state index is 0.873. The van der Waals surface area contributed by atoms with Gasteiger partial charge < -0.3 is 4.57 Å². The van der Waals surface area contributed by atoms with Gasteiger partial charge in [0.2, 0.25) is 5.78 Å². The quantitative estimate of drug-likeness (QED) is 0.170. The van der Waals surface area contributed by atoms with Crippen molar-refractivity contribution in [2.45, 2.75) is 0 Å². The lowest BCUT2D eigenvalue weighted by atomic mass is 9.81. The molecule has 11 aromatic carbocycles. The van der Waals surface area contributed by atoms with Gasteiger partial charge in [0, 0.05) is 22.1 Å². The highest BCUT2D eigenvalue weighted by atomic mass is 15.2. The summed E-state index contributed by atoms with van der Waals surface area (Å²) in [6, 6.07) is 89.5. The number of imidazole rings is 2. The fourth-order valence-corrected chi connectivity index (χ4v) is 12.4. The van der Waals surface area contributed by atoms with Crippen molar-refractivity contribution in [1.29, 1.82) is 0 Å². The van der Waals surface area contributed by atoms with E-state index in [4.69, 9.17) is 4.98 Å². The SMILES string of the molecule is c1ccc2c(c1)-c1ccccc1-c1ccc(-n3c4ccccc4c4ccc5c(nc6n(-c7ccc8c(c7)-c7ccccc7-c7ccccc7-c7ccccc7-8)c7ccccc7n56)c43)cc1-c1ccccc1-2. The Morgan fingerprint density at radius 1 is 0.239 bits per heavy atom. The molecule has 0 radical (unpaired) electrons. The van der Waals surface area contributed by atoms with E-state index in [9.17, 15) is 0 Å². The summed E-state index contributed by atoms with van der Waals surface area (Å²) in [4.78, 5) is 5.80. The number of aromatic nitrogens is 4. The summed E-state index contributed by atoms with van der Waals surface area (Å²) in [5, 5.41) is 2.37. The molecule has 0 atom stereocenters. The van der Waals surface area contributed by atoms with Crippen LogP contribution in [0, 0.1) is 0 Å². The van der Waals surface area contributed by atoms with Crippen LogP contribution in [0.2, 0.25) is 0 Å². The average Bonchev–Trinajstić information content (AvgIpc) is 4.10. The summed E-state index contributed by atoms with van der Waals surface area (Å²) in [5.41, 5.74) is 28.3. The molecule has 0 fully saturated rings. The van der Waals surface area contributed by atoms with Crippen LogP contribution < -0.4 is 0 Å². The summed E-state index contributed by atoms with van der Waals surface area (Å²) in [6.45, 7) is 0. The molecule has 0 unspecified atom stereocenters. The molecule has 328 valence electrons. The highest BCUT2D eigenvalue weighted by molar-refractivity contribution is 6.18. The van der Waals surface area contributed by atoms with Crippen molar-refractivity contribution in [3.05, 3.63) is 243 Å². The monoisotopic (exact) mass is 900 g/mol. The normalized spacial score (nSPS) is 12.2. The third-order valence-electron chi connectivity index (χ3n) is 15.4. The van der Waals surface area contributed by atoms with Crippen LogP contribution in [0.15, 0.2) is 243 Å². The number of rotatable bonds is 2. The molecule has 4 nitrogen and oxygen atoms in total. The molecule has 3 aromatic heterocycles. The summed E-state index contributed by atoms with van der Waals surface area (Å²) in [5.74, 6) is 0.873. The van der Waals surface area contributed by atoms with Crippen LogP contribution >= 0.6 is 0 Å². The average molecular weight is 901 g/mol. The van der Waals surface area contributed by atoms with Crippen LogP contribution in [0.25, 0.3) is 150 Å². The Hall–Kier alpha value is -9.51. The maximum Gasteiger partial charge on any atom is 0.220 e. The van der Waals surface area contributed by atoms with Crippen molar-refractivity contribution < 1.29 is 0 Å². The van der Waals surface area contributed by atoms with Gasteiger partial charge in [-0.3, -0.25) is 8.97 Å². The molecular weight excluding hydrogens is 861 g/mol. The standard InChI is InChI=1S/C67H40N4/c1-3-19-45-43(17-1)47-21-5-7-25-51(47)55-35-33-41(39-59(55)53-27-11-9-23-49(45)53)69-61-30-14-13-29-57(61)58-37-38-64-65(66(58)69)68-67-70(62-31-15-16-32-63(62)71(64)67)42-34-36-56-52-26-8-6-22-48(52)44-18-2-4-20-46(44)50-24-10-12-28-54(50)60(56)40-42/h1-40H. The molecule has 0 saturated heterocycles. The molecule has 0 N–H and O–H groups in total. The van der Waals surface area contributed by atoms with Crippen LogP contribution in [-0.2, 0) is 0 Å². The van der Waals surface area contributed by atoms with Crippen molar-refractivity contribution in [3.63, 3.8) is 0 Å². The Bertz CT molecular complexity index is 4580. The molecule has 2 aliphatic carbocycles. The Morgan fingerprint density at radius 3 is 1.04 bits per heavy atom. The van der Waals surface area contributed by atoms with E-state index < -0.39 is 0 Å². The van der Waals surface area contributed by atoms with E-state index in [0.29, 0.717) is 0 Å². The second kappa shape index (κ2) is 14.5. The summed E-state index contributed by atoms with van der Waals surface area (Å²) < 4.78 is 7.20. The van der Waals surface area contributed by atoms with Crippen LogP contribution in [0.1, 0.15) is 0 Å². The van der Waals surface area contributed by atoms with Crippen LogP contribution in [0.4, 0.5) is 0 Å². The van der Waals surface area contributed by atoms with Crippen molar-refractivity contribution >= 4 is 49.7 Å². The highest BCUT2D eigenvalue weighted by Crippen LogP contribution is 2.51. The number of para-hydroxylation sites is 3. The van der Waals surface area contributed by atoms with Gasteiger partial charge in [0.05, 0.1) is 27.6 Å². The maximum absolute atomic E-state index is 5.80. The van der Waals surface area contributed by atoms with Crippen LogP contribution in [0.3, 0.4) is 0 Å². The minimum Gasteiger partial charge on any atom is -0.307 e. The van der Waals surface area contributed by atoms with Gasteiger partial charge in [-0.2, -0.15) is 0 Å². The summed E-state index contributed by atoms with van der Waals surface area (Å²) >= 11 is 0. The molecule has 71 heavy (non-hydrogen) atoms. The highest BCUT2D eigenvalue weighted by Gasteiger charge is 2.27. The first kappa shape index (κ1) is 38.5. The van der Waals surface area contributed by atoms with Crippen LogP contribution in [0.5, 0.6) is 0 Å². The first-order valence-corrected chi connectivity index (χ1v) is 24.5. The van der Waals surface area contributed by atoms with Crippen LogP contribution in [-0.4, -0.2) is 18.5 Å². The van der Waals surface area contributed by atoms with E-state index in [-0.39, 0.29) is 0 Å². The third-order valence-corrected chi connectivity index (χ3v) is 15.4. The molecule has 4 heteroatoms. The molecule has 3 heterocycles. The van der Waals surface area contributed by atoms with Gasteiger partial charge in [-0.05, 0) is 144 Å². The second-order valence-corrected chi connectivity index (χ2v) is 19.0. The zero-order valence-corrected chi connectivity index (χ0v) is 38.4. The molecule has 0 saturated carbocycles. The Morgan fingerprint density at radius 2 is 0.592 bits per heavy atom. The molecular formula is C67H40N4. The zero-order chi connectivity index (χ0) is 46.3. The molecule has 16 rings (SSSR count). The Labute approximate surface area is 409 Å². The molecule has 0 spiro atoms. The van der Waals surface area contributed by atoms with Gasteiger partial charge in [0.15, 0.2) is 0 Å². The van der Waals surface area contributed by atoms with Gasteiger partial charge in [-0.25, -0.2) is 4.98 Å². The van der Waals surface area contributed by atoms with E-state index in [1.54, 1.807) is 0 Å². The number of fused-ring (bicyclic) bond motifs is 25. The number of nitrogens with zero attached hydrogens (tertiary/aromatic N) is 4. The Balaban J connectivity index is 0.965. The van der Waals surface area contributed by atoms with Gasteiger partial charge >= 0.3 is 0 Å². The lowest BCUT2D eigenvalue weighted by Gasteiger charge is -2.24. The zero-order valence-electron chi connectivity index (χ0n) is 38.4. The fraction of sp³-hybridized carbons (Fsp3) is 0. The molecule has 14 aromatic rings. The number of hydrogen-bond donors (Lipinski definition) is 0. The largest absolute Gasteiger partial charge is 0.307 e. The van der Waals surface area contributed by atoms with E-state index >= 15 is 0 Å². The Kier molecular flexibility index (Phi) is 7.86. The van der Waals surface area contributed by atoms with Crippen molar-refractivity contribution in [3.8, 4) is 100 Å². The predicted octanol–water partition coefficient (Wildman–Crippen LogP) is 17.5.